The SMILES string of the molecule is NC(=O)c1ccc2c1ccc1c3ccccc3c3cc3c21. The number of carbonyl (C=O) groups is 1. The summed E-state index contributed by atoms with van der Waals surface area (Å²) in [6.07, 6.45) is 0. The standard InChI is InChI=1S/C19H11NO/c20-19(21)15-8-7-14-12(15)5-6-13-10-3-1-2-4-11(10)16-9-17(16)18(13)14/h1-9H,(H2,20,21). The van der Waals surface area contributed by atoms with E-state index in [4.69, 9.17) is 5.73 Å². The predicted octanol–water partition coefficient (Wildman–Crippen LogP) is 4.27. The number of carbonyl (C=O) groups excluding carboxylic acids is 1. The number of fused-ring (bicyclic) bond motifs is 8. The Labute approximate surface area is 120 Å². The molecule has 5 rings (SSSR count). The first kappa shape index (κ1) is 10.9. The summed E-state index contributed by atoms with van der Waals surface area (Å²) in [5.41, 5.74) is 6.07. The van der Waals surface area contributed by atoms with Crippen LogP contribution in [0.5, 0.6) is 0 Å². The van der Waals surface area contributed by atoms with E-state index in [1.165, 1.54) is 32.3 Å². The lowest BCUT2D eigenvalue weighted by atomic mass is 9.98. The molecule has 0 atom stereocenters. The Kier molecular flexibility index (Phi) is 1.77. The Balaban J connectivity index is 2.07. The molecule has 0 aliphatic carbocycles. The molecule has 0 aromatic heterocycles. The van der Waals surface area contributed by atoms with Gasteiger partial charge in [0.2, 0.25) is 5.91 Å². The molecular weight excluding hydrogens is 258 g/mol. The summed E-state index contributed by atoms with van der Waals surface area (Å²) in [5.74, 6) is -0.366. The second kappa shape index (κ2) is 3.41. The van der Waals surface area contributed by atoms with Gasteiger partial charge in [0.15, 0.2) is 0 Å². The van der Waals surface area contributed by atoms with Crippen molar-refractivity contribution in [3.05, 3.63) is 60.2 Å². The maximum atomic E-state index is 11.5. The highest BCUT2D eigenvalue weighted by atomic mass is 16.1. The van der Waals surface area contributed by atoms with Crippen molar-refractivity contribution in [1.82, 2.24) is 0 Å². The third kappa shape index (κ3) is 1.24. The van der Waals surface area contributed by atoms with Gasteiger partial charge in [-0.15, -0.1) is 0 Å². The highest BCUT2D eigenvalue weighted by Crippen LogP contribution is 2.44. The molecule has 1 amide bonds. The van der Waals surface area contributed by atoms with Crippen molar-refractivity contribution in [1.29, 1.82) is 0 Å². The van der Waals surface area contributed by atoms with Crippen LogP contribution in [0.3, 0.4) is 0 Å². The second-order valence-electron chi connectivity index (χ2n) is 5.58. The lowest BCUT2D eigenvalue weighted by molar-refractivity contribution is 0.100. The number of benzene rings is 3. The zero-order valence-corrected chi connectivity index (χ0v) is 11.2. The van der Waals surface area contributed by atoms with Crippen molar-refractivity contribution < 1.29 is 4.79 Å². The Morgan fingerprint density at radius 1 is 0.667 bits per heavy atom. The van der Waals surface area contributed by atoms with Gasteiger partial charge in [0.25, 0.3) is 0 Å². The van der Waals surface area contributed by atoms with Crippen LogP contribution in [0.15, 0.2) is 54.6 Å². The number of nitrogens with two attached hydrogens (primary N) is 1. The fraction of sp³-hybridized carbons (Fsp3) is 0. The predicted molar refractivity (Wildman–Crippen MR) is 87.4 cm³/mol. The summed E-state index contributed by atoms with van der Waals surface area (Å²) < 4.78 is 0. The van der Waals surface area contributed by atoms with E-state index in [1.54, 1.807) is 0 Å². The average molecular weight is 269 g/mol. The maximum Gasteiger partial charge on any atom is 0.249 e. The van der Waals surface area contributed by atoms with Crippen molar-refractivity contribution in [2.75, 3.05) is 0 Å². The molecule has 0 spiro atoms. The third-order valence-corrected chi connectivity index (χ3v) is 4.49. The molecule has 0 aliphatic rings. The number of hydrogen-bond donors (Lipinski definition) is 1. The molecular formula is C19H11NO. The van der Waals surface area contributed by atoms with Crippen molar-refractivity contribution >= 4 is 49.0 Å². The van der Waals surface area contributed by atoms with Crippen LogP contribution in [0.1, 0.15) is 10.4 Å². The molecule has 0 saturated carbocycles. The molecule has 2 N–H and O–H groups in total. The molecule has 0 saturated heterocycles. The first-order chi connectivity index (χ1) is 10.3. The molecule has 0 unspecified atom stereocenters. The molecule has 0 fully saturated rings. The largest absolute Gasteiger partial charge is 0.366 e. The van der Waals surface area contributed by atoms with Crippen molar-refractivity contribution in [3.8, 4) is 0 Å². The Morgan fingerprint density at radius 3 is 2.05 bits per heavy atom. The van der Waals surface area contributed by atoms with E-state index in [0.29, 0.717) is 5.56 Å². The van der Waals surface area contributed by atoms with Gasteiger partial charge in [-0.1, -0.05) is 42.5 Å². The van der Waals surface area contributed by atoms with Crippen molar-refractivity contribution in [2.24, 2.45) is 5.73 Å². The maximum absolute atomic E-state index is 11.5. The van der Waals surface area contributed by atoms with E-state index in [9.17, 15) is 4.79 Å². The summed E-state index contributed by atoms with van der Waals surface area (Å²) in [4.78, 5) is 11.5. The van der Waals surface area contributed by atoms with Crippen LogP contribution in [-0.4, -0.2) is 5.91 Å². The van der Waals surface area contributed by atoms with Gasteiger partial charge in [0.1, 0.15) is 0 Å². The van der Waals surface area contributed by atoms with E-state index in [2.05, 4.69) is 36.4 Å². The van der Waals surface area contributed by atoms with E-state index in [0.717, 1.165) is 10.8 Å². The van der Waals surface area contributed by atoms with Crippen molar-refractivity contribution in [2.45, 2.75) is 0 Å². The molecule has 5 aromatic carbocycles. The number of primary amides is 1. The van der Waals surface area contributed by atoms with Gasteiger partial charge in [0.05, 0.1) is 0 Å². The molecule has 21 heavy (non-hydrogen) atoms. The molecule has 0 bridgehead atoms. The van der Waals surface area contributed by atoms with Gasteiger partial charge in [-0.05, 0) is 55.2 Å². The molecule has 0 heterocycles. The molecule has 2 nitrogen and oxygen atoms in total. The normalized spacial score (nSPS) is 12.2. The van der Waals surface area contributed by atoms with Crippen LogP contribution < -0.4 is 5.73 Å². The lowest BCUT2D eigenvalue weighted by Gasteiger charge is -2.05. The van der Waals surface area contributed by atoms with Gasteiger partial charge < -0.3 is 5.73 Å². The molecule has 5 aromatic rings. The van der Waals surface area contributed by atoms with Gasteiger partial charge in [-0.3, -0.25) is 4.79 Å². The molecule has 0 aliphatic heterocycles. The average Bonchev–Trinajstić information content (AvgIpc) is 3.18. The van der Waals surface area contributed by atoms with E-state index < -0.39 is 0 Å². The first-order valence-corrected chi connectivity index (χ1v) is 6.97. The quantitative estimate of drug-likeness (QED) is 0.454. The summed E-state index contributed by atoms with van der Waals surface area (Å²) in [7, 11) is 0. The highest BCUT2D eigenvalue weighted by molar-refractivity contribution is 6.37. The monoisotopic (exact) mass is 269 g/mol. The second-order valence-corrected chi connectivity index (χ2v) is 5.58. The minimum Gasteiger partial charge on any atom is -0.366 e. The molecule has 0 radical (unpaired) electrons. The minimum atomic E-state index is -0.366. The Morgan fingerprint density at radius 2 is 1.29 bits per heavy atom. The van der Waals surface area contributed by atoms with E-state index >= 15 is 0 Å². The molecule has 98 valence electrons. The smallest absolute Gasteiger partial charge is 0.249 e. The van der Waals surface area contributed by atoms with Crippen LogP contribution in [0.25, 0.3) is 43.1 Å². The Bertz CT molecular complexity index is 1160. The fourth-order valence-corrected chi connectivity index (χ4v) is 3.50. The van der Waals surface area contributed by atoms with Gasteiger partial charge >= 0.3 is 0 Å². The molecule has 2 heteroatoms. The zero-order chi connectivity index (χ0) is 14.1. The minimum absolute atomic E-state index is 0.366. The van der Waals surface area contributed by atoms with Crippen LogP contribution in [0.4, 0.5) is 0 Å². The first-order valence-electron chi connectivity index (χ1n) is 6.97. The Hall–Kier alpha value is -2.87. The number of hydrogen-bond acceptors (Lipinski definition) is 1. The summed E-state index contributed by atoms with van der Waals surface area (Å²) >= 11 is 0. The highest BCUT2D eigenvalue weighted by Gasteiger charge is 2.18. The summed E-state index contributed by atoms with van der Waals surface area (Å²) in [6.45, 7) is 0. The van der Waals surface area contributed by atoms with Gasteiger partial charge in [-0.2, -0.15) is 0 Å². The van der Waals surface area contributed by atoms with Crippen LogP contribution in [0.2, 0.25) is 0 Å². The summed E-state index contributed by atoms with van der Waals surface area (Å²) in [6, 6.07) is 18.7. The van der Waals surface area contributed by atoms with E-state index in [-0.39, 0.29) is 5.91 Å². The lowest BCUT2D eigenvalue weighted by Crippen LogP contribution is -2.09. The van der Waals surface area contributed by atoms with Gasteiger partial charge in [0, 0.05) is 5.56 Å². The topological polar surface area (TPSA) is 43.1 Å². The third-order valence-electron chi connectivity index (χ3n) is 4.49. The fourth-order valence-electron chi connectivity index (χ4n) is 3.50. The van der Waals surface area contributed by atoms with Crippen molar-refractivity contribution in [3.63, 3.8) is 0 Å². The zero-order valence-electron chi connectivity index (χ0n) is 11.2. The van der Waals surface area contributed by atoms with E-state index in [1.807, 2.05) is 18.2 Å². The number of amides is 1. The number of rotatable bonds is 1. The van der Waals surface area contributed by atoms with Crippen LogP contribution >= 0.6 is 0 Å². The van der Waals surface area contributed by atoms with Crippen LogP contribution in [0, 0.1) is 0 Å². The van der Waals surface area contributed by atoms with Gasteiger partial charge in [-0.25, -0.2) is 0 Å². The summed E-state index contributed by atoms with van der Waals surface area (Å²) in [5, 5.41) is 9.76. The van der Waals surface area contributed by atoms with Crippen LogP contribution in [-0.2, 0) is 0 Å².